The number of hydrogen-bond donors (Lipinski definition) is 1. The predicted octanol–water partition coefficient (Wildman–Crippen LogP) is 6.26. The Hall–Kier alpha value is -1.39. The summed E-state index contributed by atoms with van der Waals surface area (Å²) in [6.07, 6.45) is 3.87. The maximum absolute atomic E-state index is 10.7. The summed E-state index contributed by atoms with van der Waals surface area (Å²) in [6.45, 7) is 0. The molecule has 0 aliphatic rings. The van der Waals surface area contributed by atoms with Crippen molar-refractivity contribution in [2.24, 2.45) is 0 Å². The highest BCUT2D eigenvalue weighted by Crippen LogP contribution is 2.27. The third kappa shape index (κ3) is 9.35. The Bertz CT molecular complexity index is 772. The molecule has 0 saturated heterocycles. The van der Waals surface area contributed by atoms with E-state index >= 15 is 0 Å². The van der Waals surface area contributed by atoms with Crippen LogP contribution in [-0.2, 0) is 16.3 Å². The molecule has 2 rings (SSSR count). The van der Waals surface area contributed by atoms with Crippen LogP contribution in [0.1, 0.15) is 47.3 Å². The van der Waals surface area contributed by atoms with Gasteiger partial charge in [0.15, 0.2) is 0 Å². The Morgan fingerprint density at radius 3 is 2.65 bits per heavy atom. The normalized spacial score (nSPS) is 13.6. The molecule has 0 aromatic heterocycles. The Morgan fingerprint density at radius 1 is 1.00 bits per heavy atom. The van der Waals surface area contributed by atoms with E-state index in [4.69, 9.17) is 9.22 Å². The van der Waals surface area contributed by atoms with Crippen LogP contribution in [-0.4, -0.2) is 22.1 Å². The average Bonchev–Trinajstić information content (AvgIpc) is 2.71. The molecule has 0 heterocycles. The van der Waals surface area contributed by atoms with Gasteiger partial charge in [0, 0.05) is 23.2 Å². The zero-order valence-corrected chi connectivity index (χ0v) is 16.6. The molecule has 0 fully saturated rings. The first-order chi connectivity index (χ1) is 14.0. The molecule has 0 aliphatic carbocycles. The zero-order chi connectivity index (χ0) is 21.1. The highest BCUT2D eigenvalue weighted by molar-refractivity contribution is 7.99. The van der Waals surface area contributed by atoms with Crippen molar-refractivity contribution >= 4 is 29.5 Å². The van der Waals surface area contributed by atoms with Crippen molar-refractivity contribution in [3.63, 3.8) is 0 Å². The van der Waals surface area contributed by atoms with Gasteiger partial charge in [-0.25, -0.2) is 0 Å². The Balaban J connectivity index is 1.82. The van der Waals surface area contributed by atoms with E-state index in [1.807, 2.05) is 30.0 Å². The van der Waals surface area contributed by atoms with Crippen molar-refractivity contribution < 1.29 is 14.0 Å². The number of carboxylic acids is 1. The number of carbonyl (C=O) groups is 1. The molecule has 1 atom stereocenters. The van der Waals surface area contributed by atoms with Gasteiger partial charge in [0.1, 0.15) is 0 Å². The summed E-state index contributed by atoms with van der Waals surface area (Å²) in [5, 5.41) is 9.29. The van der Waals surface area contributed by atoms with E-state index in [2.05, 4.69) is 12.1 Å². The molecule has 140 valence electrons. The fourth-order valence-corrected chi connectivity index (χ4v) is 4.91. The minimum Gasteiger partial charge on any atom is -0.481 e. The van der Waals surface area contributed by atoms with Gasteiger partial charge in [0.25, 0.3) is 0 Å². The summed E-state index contributed by atoms with van der Waals surface area (Å²) in [7, 11) is 0. The third-order valence-corrected chi connectivity index (χ3v) is 6.43. The molecule has 0 amide bonds. The largest absolute Gasteiger partial charge is 0.481 e. The fourth-order valence-electron chi connectivity index (χ4n) is 2.56. The lowest BCUT2D eigenvalue weighted by atomic mass is 10.1. The van der Waals surface area contributed by atoms with E-state index in [0.29, 0.717) is 29.0 Å². The smallest absolute Gasteiger partial charge is 0.303 e. The van der Waals surface area contributed by atoms with Crippen LogP contribution in [0, 0.1) is 0 Å². The summed E-state index contributed by atoms with van der Waals surface area (Å²) in [4.78, 5) is 10.7. The van der Waals surface area contributed by atoms with E-state index < -0.39 is 5.97 Å². The quantitative estimate of drug-likeness (QED) is 0.409. The first-order valence-electron chi connectivity index (χ1n) is 10.5. The van der Waals surface area contributed by atoms with Gasteiger partial charge in [0.2, 0.25) is 0 Å². The van der Waals surface area contributed by atoms with Gasteiger partial charge in [-0.1, -0.05) is 67.0 Å². The monoisotopic (exact) mass is 391 g/mol. The summed E-state index contributed by atoms with van der Waals surface area (Å²) in [6, 6.07) is 14.1. The van der Waals surface area contributed by atoms with E-state index in [-0.39, 0.29) is 18.5 Å². The molecule has 4 heteroatoms. The zero-order valence-electron chi connectivity index (χ0n) is 17.9. The first-order valence-corrected chi connectivity index (χ1v) is 11.2. The number of thioether (sulfide) groups is 2. The topological polar surface area (TPSA) is 37.3 Å². The summed E-state index contributed by atoms with van der Waals surface area (Å²) < 4.78 is 23.7. The standard InChI is InChI=1S/C22H28O2S2/c23-22(24)14-8-7-13-21(26-18-20-11-5-2-6-12-20)15-16-25-17-19-9-3-1-4-10-19/h1-6,9-12,21H,7-8,13-18H2,(H,23,24)/i3D,9D,10D. The van der Waals surface area contributed by atoms with Crippen molar-refractivity contribution in [2.75, 3.05) is 5.75 Å². The molecule has 1 unspecified atom stereocenters. The molecule has 0 aliphatic heterocycles. The van der Waals surface area contributed by atoms with Crippen molar-refractivity contribution in [3.05, 3.63) is 71.7 Å². The fraction of sp³-hybridized carbons (Fsp3) is 0.409. The lowest BCUT2D eigenvalue weighted by Crippen LogP contribution is -2.06. The van der Waals surface area contributed by atoms with Crippen molar-refractivity contribution in [2.45, 2.75) is 48.9 Å². The molecule has 2 aromatic rings. The van der Waals surface area contributed by atoms with Crippen LogP contribution in [0.5, 0.6) is 0 Å². The van der Waals surface area contributed by atoms with Crippen LogP contribution < -0.4 is 0 Å². The number of unbranched alkanes of at least 4 members (excludes halogenated alkanes) is 1. The summed E-state index contributed by atoms with van der Waals surface area (Å²) in [5.41, 5.74) is 1.93. The number of aliphatic carboxylic acids is 1. The molecule has 0 saturated carbocycles. The van der Waals surface area contributed by atoms with Gasteiger partial charge in [-0.2, -0.15) is 23.5 Å². The van der Waals surface area contributed by atoms with Gasteiger partial charge in [-0.15, -0.1) is 0 Å². The van der Waals surface area contributed by atoms with Crippen LogP contribution in [0.25, 0.3) is 0 Å². The Labute approximate surface area is 170 Å². The molecule has 0 radical (unpaired) electrons. The van der Waals surface area contributed by atoms with Gasteiger partial charge >= 0.3 is 5.97 Å². The second kappa shape index (κ2) is 12.9. The third-order valence-electron chi connectivity index (χ3n) is 3.97. The van der Waals surface area contributed by atoms with Gasteiger partial charge in [-0.05, 0) is 36.1 Å². The minimum absolute atomic E-state index is 0.161. The van der Waals surface area contributed by atoms with Crippen molar-refractivity contribution in [1.82, 2.24) is 0 Å². The second-order valence-electron chi connectivity index (χ2n) is 6.12. The van der Waals surface area contributed by atoms with E-state index in [0.717, 1.165) is 30.8 Å². The van der Waals surface area contributed by atoms with E-state index in [1.165, 1.54) is 11.6 Å². The van der Waals surface area contributed by atoms with Crippen LogP contribution in [0.4, 0.5) is 0 Å². The maximum atomic E-state index is 10.7. The van der Waals surface area contributed by atoms with Gasteiger partial charge < -0.3 is 5.11 Å². The van der Waals surface area contributed by atoms with Crippen LogP contribution >= 0.6 is 23.5 Å². The van der Waals surface area contributed by atoms with E-state index in [9.17, 15) is 4.79 Å². The van der Waals surface area contributed by atoms with Crippen molar-refractivity contribution in [3.8, 4) is 0 Å². The summed E-state index contributed by atoms with van der Waals surface area (Å²) >= 11 is 3.63. The lowest BCUT2D eigenvalue weighted by Gasteiger charge is -2.16. The molecular formula is C22H28O2S2. The van der Waals surface area contributed by atoms with Crippen LogP contribution in [0.3, 0.4) is 0 Å². The maximum Gasteiger partial charge on any atom is 0.303 e. The number of rotatable bonds is 13. The van der Waals surface area contributed by atoms with Crippen LogP contribution in [0.15, 0.2) is 60.6 Å². The van der Waals surface area contributed by atoms with Crippen molar-refractivity contribution in [1.29, 1.82) is 0 Å². The average molecular weight is 392 g/mol. The highest BCUT2D eigenvalue weighted by Gasteiger charge is 2.10. The first kappa shape index (κ1) is 16.8. The Kier molecular flexibility index (Phi) is 8.30. The molecule has 2 aromatic carbocycles. The number of hydrogen-bond acceptors (Lipinski definition) is 3. The molecule has 1 N–H and O–H groups in total. The molecule has 0 bridgehead atoms. The lowest BCUT2D eigenvalue weighted by molar-refractivity contribution is -0.137. The molecule has 26 heavy (non-hydrogen) atoms. The minimum atomic E-state index is -0.733. The highest BCUT2D eigenvalue weighted by atomic mass is 32.2. The van der Waals surface area contributed by atoms with E-state index in [1.54, 1.807) is 17.8 Å². The predicted molar refractivity (Wildman–Crippen MR) is 115 cm³/mol. The Morgan fingerprint density at radius 2 is 1.85 bits per heavy atom. The molecule has 2 nitrogen and oxygen atoms in total. The number of carboxylic acid groups (broad SMARTS) is 1. The van der Waals surface area contributed by atoms with Crippen LogP contribution in [0.2, 0.25) is 0 Å². The molecule has 0 spiro atoms. The number of benzene rings is 2. The molecular weight excluding hydrogens is 360 g/mol. The van der Waals surface area contributed by atoms with Gasteiger partial charge in [0.05, 0.1) is 4.11 Å². The summed E-state index contributed by atoms with van der Waals surface area (Å²) in [5.74, 6) is 1.72. The second-order valence-corrected chi connectivity index (χ2v) is 8.52. The SMILES string of the molecule is [2H]c1ccc([2H])c(CSCCC(CCCCC(=O)O)SCc2ccccc2)c1[2H]. The van der Waals surface area contributed by atoms with Gasteiger partial charge in [-0.3, -0.25) is 4.79 Å².